The molecule has 0 aromatic rings. The molecule has 3 nitrogen and oxygen atoms in total. The molecule has 3 aliphatic rings. The Hall–Kier alpha value is -0.410. The van der Waals surface area contributed by atoms with Crippen molar-refractivity contribution in [2.24, 2.45) is 17.3 Å². The summed E-state index contributed by atoms with van der Waals surface area (Å²) >= 11 is 0. The summed E-state index contributed by atoms with van der Waals surface area (Å²) in [6, 6.07) is 0.800. The SMILES string of the molecule is CC1CCC(C=O)(CN2CCC3C(CCCN3C)C2)CC1. The number of fused-ring (bicyclic) bond motifs is 1. The number of piperidine rings is 2. The maximum absolute atomic E-state index is 11.8. The fraction of sp³-hybridized carbons (Fsp3) is 0.944. The van der Waals surface area contributed by atoms with Crippen LogP contribution in [0.3, 0.4) is 0 Å². The van der Waals surface area contributed by atoms with Crippen molar-refractivity contribution in [2.75, 3.05) is 33.2 Å². The Balaban J connectivity index is 1.59. The van der Waals surface area contributed by atoms with Gasteiger partial charge in [-0.3, -0.25) is 0 Å². The number of carbonyl (C=O) groups excluding carboxylic acids is 1. The van der Waals surface area contributed by atoms with Gasteiger partial charge in [0.1, 0.15) is 6.29 Å². The van der Waals surface area contributed by atoms with Gasteiger partial charge in [0.2, 0.25) is 0 Å². The van der Waals surface area contributed by atoms with Crippen LogP contribution in [-0.4, -0.2) is 55.4 Å². The highest BCUT2D eigenvalue weighted by Gasteiger charge is 2.39. The van der Waals surface area contributed by atoms with Crippen LogP contribution < -0.4 is 0 Å². The first-order chi connectivity index (χ1) is 10.1. The molecule has 3 heteroatoms. The van der Waals surface area contributed by atoms with Gasteiger partial charge in [-0.15, -0.1) is 0 Å². The van der Waals surface area contributed by atoms with Gasteiger partial charge >= 0.3 is 0 Å². The van der Waals surface area contributed by atoms with Gasteiger partial charge in [-0.2, -0.15) is 0 Å². The molecule has 0 amide bonds. The zero-order chi connectivity index (χ0) is 14.9. The summed E-state index contributed by atoms with van der Waals surface area (Å²) in [4.78, 5) is 17.0. The third-order valence-electron chi connectivity index (χ3n) is 6.49. The summed E-state index contributed by atoms with van der Waals surface area (Å²) in [5, 5.41) is 0. The standard InChI is InChI=1S/C18H32N2O/c1-15-5-8-18(14-21,9-6-15)13-20-11-7-17-16(12-20)4-3-10-19(17)2/h14-17H,3-13H2,1-2H3. The monoisotopic (exact) mass is 292 g/mol. The second kappa shape index (κ2) is 6.37. The van der Waals surface area contributed by atoms with Crippen molar-refractivity contribution in [1.82, 2.24) is 9.80 Å². The molecule has 0 aromatic heterocycles. The molecule has 2 aliphatic heterocycles. The van der Waals surface area contributed by atoms with Crippen LogP contribution in [0.5, 0.6) is 0 Å². The molecule has 0 radical (unpaired) electrons. The highest BCUT2D eigenvalue weighted by molar-refractivity contribution is 5.60. The fourth-order valence-electron chi connectivity index (χ4n) is 4.97. The van der Waals surface area contributed by atoms with E-state index < -0.39 is 0 Å². The van der Waals surface area contributed by atoms with Gasteiger partial charge in [0.25, 0.3) is 0 Å². The van der Waals surface area contributed by atoms with Crippen LogP contribution in [0.2, 0.25) is 0 Å². The smallest absolute Gasteiger partial charge is 0.127 e. The van der Waals surface area contributed by atoms with Crippen molar-refractivity contribution in [3.05, 3.63) is 0 Å². The number of carbonyl (C=O) groups is 1. The van der Waals surface area contributed by atoms with E-state index in [1.807, 2.05) is 0 Å². The summed E-state index contributed by atoms with van der Waals surface area (Å²) in [6.45, 7) is 7.04. The van der Waals surface area contributed by atoms with Gasteiger partial charge in [-0.1, -0.05) is 6.92 Å². The molecule has 21 heavy (non-hydrogen) atoms. The predicted octanol–water partition coefficient (Wildman–Crippen LogP) is 2.80. The lowest BCUT2D eigenvalue weighted by atomic mass is 9.71. The molecule has 0 N–H and O–H groups in total. The Morgan fingerprint density at radius 3 is 2.62 bits per heavy atom. The molecule has 3 rings (SSSR count). The van der Waals surface area contributed by atoms with Crippen molar-refractivity contribution in [1.29, 1.82) is 0 Å². The maximum Gasteiger partial charge on any atom is 0.127 e. The van der Waals surface area contributed by atoms with Crippen molar-refractivity contribution >= 4 is 6.29 Å². The Morgan fingerprint density at radius 1 is 1.14 bits per heavy atom. The minimum absolute atomic E-state index is 0.0279. The van der Waals surface area contributed by atoms with Gasteiger partial charge in [-0.05, 0) is 76.9 Å². The van der Waals surface area contributed by atoms with Gasteiger partial charge in [0.15, 0.2) is 0 Å². The molecule has 1 saturated carbocycles. The summed E-state index contributed by atoms with van der Waals surface area (Å²) < 4.78 is 0. The van der Waals surface area contributed by atoms with E-state index in [1.165, 1.54) is 58.0 Å². The predicted molar refractivity (Wildman–Crippen MR) is 86.3 cm³/mol. The number of nitrogens with zero attached hydrogens (tertiary/aromatic N) is 2. The molecular formula is C18H32N2O. The van der Waals surface area contributed by atoms with Crippen molar-refractivity contribution in [2.45, 2.75) is 57.9 Å². The van der Waals surface area contributed by atoms with Crippen LogP contribution in [-0.2, 0) is 4.79 Å². The minimum Gasteiger partial charge on any atom is -0.303 e. The average Bonchev–Trinajstić information content (AvgIpc) is 2.50. The Bertz CT molecular complexity index is 362. The fourth-order valence-corrected chi connectivity index (χ4v) is 4.97. The third kappa shape index (κ3) is 3.34. The first kappa shape index (κ1) is 15.5. The molecule has 0 spiro atoms. The van der Waals surface area contributed by atoms with Gasteiger partial charge in [0, 0.05) is 24.5 Å². The van der Waals surface area contributed by atoms with E-state index in [1.54, 1.807) is 0 Å². The minimum atomic E-state index is -0.0279. The molecule has 2 atom stereocenters. The van der Waals surface area contributed by atoms with E-state index in [2.05, 4.69) is 23.8 Å². The number of rotatable bonds is 3. The number of aldehydes is 1. The van der Waals surface area contributed by atoms with E-state index in [-0.39, 0.29) is 5.41 Å². The molecule has 3 fully saturated rings. The molecule has 120 valence electrons. The molecular weight excluding hydrogens is 260 g/mol. The third-order valence-corrected chi connectivity index (χ3v) is 6.49. The first-order valence-electron chi connectivity index (χ1n) is 9.01. The molecule has 1 aliphatic carbocycles. The van der Waals surface area contributed by atoms with Crippen molar-refractivity contribution < 1.29 is 4.79 Å². The number of hydrogen-bond donors (Lipinski definition) is 0. The highest BCUT2D eigenvalue weighted by Crippen LogP contribution is 2.39. The van der Waals surface area contributed by atoms with E-state index >= 15 is 0 Å². The van der Waals surface area contributed by atoms with E-state index in [0.717, 1.165) is 37.3 Å². The number of likely N-dealkylation sites (tertiary alicyclic amines) is 2. The second-order valence-corrected chi connectivity index (χ2v) is 8.14. The maximum atomic E-state index is 11.8. The zero-order valence-electron chi connectivity index (χ0n) is 13.9. The van der Waals surface area contributed by atoms with E-state index in [4.69, 9.17) is 0 Å². The second-order valence-electron chi connectivity index (χ2n) is 8.14. The number of hydrogen-bond acceptors (Lipinski definition) is 3. The normalized spacial score (nSPS) is 42.5. The lowest BCUT2D eigenvalue weighted by Gasteiger charge is -2.48. The Labute approximate surface area is 130 Å². The van der Waals surface area contributed by atoms with Crippen LogP contribution in [0.4, 0.5) is 0 Å². The zero-order valence-corrected chi connectivity index (χ0v) is 13.9. The van der Waals surface area contributed by atoms with Crippen molar-refractivity contribution in [3.8, 4) is 0 Å². The van der Waals surface area contributed by atoms with Gasteiger partial charge in [0.05, 0.1) is 0 Å². The van der Waals surface area contributed by atoms with Crippen LogP contribution in [0.25, 0.3) is 0 Å². The van der Waals surface area contributed by atoms with E-state index in [9.17, 15) is 4.79 Å². The molecule has 2 unspecified atom stereocenters. The molecule has 0 bridgehead atoms. The van der Waals surface area contributed by atoms with Gasteiger partial charge in [-0.25, -0.2) is 0 Å². The molecule has 2 saturated heterocycles. The lowest BCUT2D eigenvalue weighted by molar-refractivity contribution is -0.120. The van der Waals surface area contributed by atoms with Crippen LogP contribution in [0, 0.1) is 17.3 Å². The Kier molecular flexibility index (Phi) is 4.70. The van der Waals surface area contributed by atoms with Crippen LogP contribution in [0.1, 0.15) is 51.9 Å². The largest absolute Gasteiger partial charge is 0.303 e. The summed E-state index contributed by atoms with van der Waals surface area (Å²) in [5.74, 6) is 1.65. The molecule has 2 heterocycles. The van der Waals surface area contributed by atoms with Crippen LogP contribution in [0.15, 0.2) is 0 Å². The first-order valence-corrected chi connectivity index (χ1v) is 9.01. The Morgan fingerprint density at radius 2 is 1.90 bits per heavy atom. The van der Waals surface area contributed by atoms with Gasteiger partial charge < -0.3 is 14.6 Å². The summed E-state index contributed by atoms with van der Waals surface area (Å²) in [7, 11) is 2.29. The summed E-state index contributed by atoms with van der Waals surface area (Å²) in [5.41, 5.74) is -0.0279. The quantitative estimate of drug-likeness (QED) is 0.747. The van der Waals surface area contributed by atoms with Crippen LogP contribution >= 0.6 is 0 Å². The molecule has 0 aromatic carbocycles. The average molecular weight is 292 g/mol. The van der Waals surface area contributed by atoms with Crippen molar-refractivity contribution in [3.63, 3.8) is 0 Å². The lowest BCUT2D eigenvalue weighted by Crippen LogP contribution is -2.54. The van der Waals surface area contributed by atoms with E-state index in [0.29, 0.717) is 0 Å². The summed E-state index contributed by atoms with van der Waals surface area (Å²) in [6.07, 6.45) is 10.0. The topological polar surface area (TPSA) is 23.6 Å². The highest BCUT2D eigenvalue weighted by atomic mass is 16.1.